The highest BCUT2D eigenvalue weighted by Gasteiger charge is 2.23. The second-order valence-electron chi connectivity index (χ2n) is 17.5. The molecule has 0 saturated heterocycles. The van der Waals surface area contributed by atoms with Crippen molar-refractivity contribution in [3.8, 4) is 67.8 Å². The highest BCUT2D eigenvalue weighted by atomic mass is 32.1. The Labute approximate surface area is 401 Å². The van der Waals surface area contributed by atoms with Gasteiger partial charge in [-0.25, -0.2) is 15.0 Å². The van der Waals surface area contributed by atoms with E-state index < -0.39 is 0 Å². The number of hydrogen-bond acceptors (Lipinski definition) is 4. The third-order valence-electron chi connectivity index (χ3n) is 13.6. The summed E-state index contributed by atoms with van der Waals surface area (Å²) < 4.78 is 7.43. The van der Waals surface area contributed by atoms with Crippen LogP contribution in [0.2, 0.25) is 0 Å². The van der Waals surface area contributed by atoms with Crippen LogP contribution in [-0.4, -0.2) is 24.1 Å². The largest absolute Gasteiger partial charge is 0.308 e. The number of fused-ring (bicyclic) bond motifs is 11. The van der Waals surface area contributed by atoms with Gasteiger partial charge in [-0.05, 0) is 64.7 Å². The third-order valence-corrected chi connectivity index (χ3v) is 14.8. The minimum absolute atomic E-state index is 0.605. The Morgan fingerprint density at radius 2 is 0.710 bits per heavy atom. The number of benzene rings is 10. The van der Waals surface area contributed by atoms with Crippen LogP contribution in [0.5, 0.6) is 0 Å². The van der Waals surface area contributed by atoms with Crippen molar-refractivity contribution in [2.24, 2.45) is 0 Å². The Balaban J connectivity index is 0.999. The number of aromatic nitrogens is 5. The number of para-hydroxylation sites is 3. The van der Waals surface area contributed by atoms with Crippen LogP contribution < -0.4 is 0 Å². The molecule has 14 aromatic rings. The zero-order valence-electron chi connectivity index (χ0n) is 37.2. The van der Waals surface area contributed by atoms with Gasteiger partial charge in [0.25, 0.3) is 0 Å². The first-order chi connectivity index (χ1) is 34.2. The van der Waals surface area contributed by atoms with Crippen molar-refractivity contribution in [3.05, 3.63) is 237 Å². The molecule has 0 saturated carbocycles. The van der Waals surface area contributed by atoms with Crippen LogP contribution in [-0.2, 0) is 0 Å². The summed E-state index contributed by atoms with van der Waals surface area (Å²) in [4.78, 5) is 15.9. The lowest BCUT2D eigenvalue weighted by molar-refractivity contribution is 1.07. The topological polar surface area (TPSA) is 48.5 Å². The molecule has 0 aliphatic rings. The van der Waals surface area contributed by atoms with Gasteiger partial charge in [-0.1, -0.05) is 194 Å². The normalized spacial score (nSPS) is 11.8. The third kappa shape index (κ3) is 6.34. The summed E-state index contributed by atoms with van der Waals surface area (Å²) in [6.07, 6.45) is 0. The molecule has 14 rings (SSSR count). The van der Waals surface area contributed by atoms with Crippen molar-refractivity contribution in [1.82, 2.24) is 24.1 Å². The van der Waals surface area contributed by atoms with E-state index in [1.54, 1.807) is 0 Å². The van der Waals surface area contributed by atoms with Gasteiger partial charge in [0, 0.05) is 60.4 Å². The Morgan fingerprint density at radius 3 is 1.35 bits per heavy atom. The molecule has 4 heterocycles. The highest BCUT2D eigenvalue weighted by Crippen LogP contribution is 2.47. The van der Waals surface area contributed by atoms with Gasteiger partial charge >= 0.3 is 0 Å². The summed E-state index contributed by atoms with van der Waals surface area (Å²) in [5.74, 6) is 1.84. The lowest BCUT2D eigenvalue weighted by Crippen LogP contribution is -2.02. The van der Waals surface area contributed by atoms with Crippen LogP contribution in [0.4, 0.5) is 0 Å². The van der Waals surface area contributed by atoms with Gasteiger partial charge < -0.3 is 9.13 Å². The molecule has 0 atom stereocenters. The predicted molar refractivity (Wildman–Crippen MR) is 289 cm³/mol. The zero-order valence-corrected chi connectivity index (χ0v) is 38.0. The SMILES string of the molecule is c1ccc(-c2cccc(-c3nc(-c4cccc(-n5c6ccccc6c6ccc7c8ccc9c%10ccccc%10n(-c%10ccccc%10)c9c8sc7c65)c4)nc(-c4ccccc4-c4ccccc4)n3)c2)cc1. The lowest BCUT2D eigenvalue weighted by atomic mass is 9.99. The first-order valence-corrected chi connectivity index (χ1v) is 24.1. The molecule has 69 heavy (non-hydrogen) atoms. The summed E-state index contributed by atoms with van der Waals surface area (Å²) in [5, 5.41) is 7.44. The second kappa shape index (κ2) is 15.8. The Bertz CT molecular complexity index is 4300. The number of hydrogen-bond donors (Lipinski definition) is 0. The van der Waals surface area contributed by atoms with Crippen molar-refractivity contribution < 1.29 is 0 Å². The number of rotatable bonds is 7. The predicted octanol–water partition coefficient (Wildman–Crippen LogP) is 16.8. The molecule has 0 aliphatic heterocycles. The summed E-state index contributed by atoms with van der Waals surface area (Å²) in [7, 11) is 0. The van der Waals surface area contributed by atoms with E-state index in [1.807, 2.05) is 23.5 Å². The molecule has 0 unspecified atom stereocenters. The molecular formula is C63H39N5S. The van der Waals surface area contributed by atoms with E-state index in [1.165, 1.54) is 58.3 Å². The fourth-order valence-corrected chi connectivity index (χ4v) is 11.8. The quantitative estimate of drug-likeness (QED) is 0.160. The van der Waals surface area contributed by atoms with Crippen molar-refractivity contribution in [2.45, 2.75) is 0 Å². The minimum atomic E-state index is 0.605. The van der Waals surface area contributed by atoms with Crippen LogP contribution in [0.1, 0.15) is 0 Å². The fourth-order valence-electron chi connectivity index (χ4n) is 10.5. The van der Waals surface area contributed by atoms with Crippen molar-refractivity contribution in [2.75, 3.05) is 0 Å². The van der Waals surface area contributed by atoms with Crippen LogP contribution in [0.3, 0.4) is 0 Å². The van der Waals surface area contributed by atoms with Crippen LogP contribution in [0.25, 0.3) is 132 Å². The van der Waals surface area contributed by atoms with Gasteiger partial charge in [0.2, 0.25) is 0 Å². The molecule has 0 bridgehead atoms. The summed E-state index contributed by atoms with van der Waals surface area (Å²) in [5.41, 5.74) is 14.1. The van der Waals surface area contributed by atoms with Crippen molar-refractivity contribution >= 4 is 75.1 Å². The number of nitrogens with zero attached hydrogens (tertiary/aromatic N) is 5. The molecule has 0 amide bonds. The molecular weight excluding hydrogens is 859 g/mol. The van der Waals surface area contributed by atoms with Gasteiger partial charge in [0.1, 0.15) is 0 Å². The molecule has 10 aromatic carbocycles. The summed E-state index contributed by atoms with van der Waals surface area (Å²) >= 11 is 1.89. The summed E-state index contributed by atoms with van der Waals surface area (Å²) in [6.45, 7) is 0. The van der Waals surface area contributed by atoms with Gasteiger partial charge in [0.05, 0.1) is 31.5 Å². The molecule has 0 radical (unpaired) electrons. The Hall–Kier alpha value is -8.97. The van der Waals surface area contributed by atoms with Gasteiger partial charge in [0.15, 0.2) is 17.5 Å². The van der Waals surface area contributed by atoms with Crippen LogP contribution in [0, 0.1) is 0 Å². The Kier molecular flexibility index (Phi) is 9.00. The molecule has 6 heteroatoms. The van der Waals surface area contributed by atoms with Crippen LogP contribution in [0.15, 0.2) is 237 Å². The molecule has 322 valence electrons. The minimum Gasteiger partial charge on any atom is -0.308 e. The fraction of sp³-hybridized carbons (Fsp3) is 0. The molecule has 0 aliphatic carbocycles. The zero-order chi connectivity index (χ0) is 45.4. The second-order valence-corrected chi connectivity index (χ2v) is 18.6. The maximum absolute atomic E-state index is 5.34. The van der Waals surface area contributed by atoms with E-state index in [0.29, 0.717) is 17.5 Å². The average Bonchev–Trinajstić information content (AvgIpc) is 4.10. The van der Waals surface area contributed by atoms with E-state index in [9.17, 15) is 0 Å². The van der Waals surface area contributed by atoms with E-state index in [0.717, 1.165) is 55.8 Å². The molecule has 0 spiro atoms. The van der Waals surface area contributed by atoms with E-state index in [2.05, 4.69) is 234 Å². The van der Waals surface area contributed by atoms with Crippen LogP contribution >= 0.6 is 11.3 Å². The van der Waals surface area contributed by atoms with Crippen molar-refractivity contribution in [3.63, 3.8) is 0 Å². The smallest absolute Gasteiger partial charge is 0.164 e. The molecule has 0 N–H and O–H groups in total. The first-order valence-electron chi connectivity index (χ1n) is 23.3. The van der Waals surface area contributed by atoms with E-state index in [-0.39, 0.29) is 0 Å². The van der Waals surface area contributed by atoms with Crippen molar-refractivity contribution in [1.29, 1.82) is 0 Å². The molecule has 0 fully saturated rings. The highest BCUT2D eigenvalue weighted by molar-refractivity contribution is 7.27. The monoisotopic (exact) mass is 897 g/mol. The first kappa shape index (κ1) is 39.2. The number of thiophene rings is 1. The van der Waals surface area contributed by atoms with E-state index >= 15 is 0 Å². The molecule has 5 nitrogen and oxygen atoms in total. The van der Waals surface area contributed by atoms with Gasteiger partial charge in [-0.15, -0.1) is 11.3 Å². The standard InChI is InChI=1S/C63H39N5S/c1-4-18-40(19-5-1)42-22-16-23-43(38-42)61-64-62(66-63(65-61)54-31-11-10-28-47(54)41-20-6-2-7-21-41)44-24-17-27-46(39-44)68-56-33-15-13-30-49(56)51-35-37-53-52-36-34-50-48-29-12-14-32-55(48)67(45-25-8-3-9-26-45)57(50)59(52)69-60(53)58(51)68/h1-39H. The maximum Gasteiger partial charge on any atom is 0.164 e. The molecule has 4 aromatic heterocycles. The Morgan fingerprint density at radius 1 is 0.275 bits per heavy atom. The summed E-state index contributed by atoms with van der Waals surface area (Å²) in [6, 6.07) is 84.2. The average molecular weight is 898 g/mol. The van der Waals surface area contributed by atoms with E-state index in [4.69, 9.17) is 15.0 Å². The van der Waals surface area contributed by atoms with Gasteiger partial charge in [-0.2, -0.15) is 0 Å². The van der Waals surface area contributed by atoms with Gasteiger partial charge in [-0.3, -0.25) is 0 Å². The maximum atomic E-state index is 5.34. The lowest BCUT2D eigenvalue weighted by Gasteiger charge is -2.14.